The fourth-order valence-corrected chi connectivity index (χ4v) is 3.07. The summed E-state index contributed by atoms with van der Waals surface area (Å²) in [5.74, 6) is 1.09. The molecule has 0 saturated carbocycles. The molecule has 4 rings (SSSR count). The second-order valence-electron chi connectivity index (χ2n) is 5.61. The third-order valence-electron chi connectivity index (χ3n) is 4.31. The zero-order valence-corrected chi connectivity index (χ0v) is 13.3. The number of methoxy groups -OCH3 is 2. The minimum atomic E-state index is 0.109. The number of ether oxygens (including phenoxy) is 2. The first-order chi connectivity index (χ1) is 11.6. The van der Waals surface area contributed by atoms with Gasteiger partial charge in [0.1, 0.15) is 0 Å². The third-order valence-corrected chi connectivity index (χ3v) is 4.31. The van der Waals surface area contributed by atoms with E-state index in [4.69, 9.17) is 9.47 Å². The Labute approximate surface area is 137 Å². The fraction of sp³-hybridized carbons (Fsp3) is 0.105. The summed E-state index contributed by atoms with van der Waals surface area (Å²) in [5.41, 5.74) is 0.947. The molecule has 2 aromatic heterocycles. The number of hydrogen-bond donors (Lipinski definition) is 2. The number of rotatable bonds is 2. The Morgan fingerprint density at radius 1 is 0.833 bits per heavy atom. The summed E-state index contributed by atoms with van der Waals surface area (Å²) >= 11 is 0. The molecule has 0 aliphatic carbocycles. The van der Waals surface area contributed by atoms with E-state index in [1.807, 2.05) is 41.1 Å². The van der Waals surface area contributed by atoms with Crippen LogP contribution in [0.2, 0.25) is 0 Å². The van der Waals surface area contributed by atoms with Gasteiger partial charge in [-0.05, 0) is 35.0 Å². The van der Waals surface area contributed by atoms with Gasteiger partial charge < -0.3 is 19.7 Å². The SMILES string of the molecule is COc1cc2c(cc[n+]3cc4c(O)c(OC)ccc4cc23)cc1O. The molecule has 0 spiro atoms. The zero-order chi connectivity index (χ0) is 16.8. The Balaban J connectivity index is 2.12. The lowest BCUT2D eigenvalue weighted by Gasteiger charge is -2.08. The highest BCUT2D eigenvalue weighted by Crippen LogP contribution is 2.36. The van der Waals surface area contributed by atoms with Crippen LogP contribution < -0.4 is 13.9 Å². The van der Waals surface area contributed by atoms with Gasteiger partial charge in [0.2, 0.25) is 5.52 Å². The highest BCUT2D eigenvalue weighted by molar-refractivity contribution is 6.00. The summed E-state index contributed by atoms with van der Waals surface area (Å²) < 4.78 is 12.3. The molecule has 0 amide bonds. The standard InChI is InChI=1S/C19H15NO4/c1-23-17-4-3-11-7-15-13-9-18(24-2)16(21)8-12(13)5-6-20(15)10-14(11)19(17)22/h3-10H,1-2H3,(H,21,22)/p+1. The highest BCUT2D eigenvalue weighted by atomic mass is 16.5. The van der Waals surface area contributed by atoms with Crippen molar-refractivity contribution in [2.24, 2.45) is 0 Å². The molecule has 0 aliphatic heterocycles. The molecule has 5 nitrogen and oxygen atoms in total. The number of nitrogens with zero attached hydrogens (tertiary/aromatic N) is 1. The van der Waals surface area contributed by atoms with Crippen molar-refractivity contribution in [3.63, 3.8) is 0 Å². The Bertz CT molecular complexity index is 1110. The quantitative estimate of drug-likeness (QED) is 0.338. The first kappa shape index (κ1) is 14.4. The lowest BCUT2D eigenvalue weighted by Crippen LogP contribution is -2.20. The topological polar surface area (TPSA) is 63.0 Å². The number of aromatic nitrogens is 1. The molecule has 24 heavy (non-hydrogen) atoms. The number of hydrogen-bond acceptors (Lipinski definition) is 4. The van der Waals surface area contributed by atoms with Gasteiger partial charge in [-0.3, -0.25) is 0 Å². The molecule has 2 heterocycles. The summed E-state index contributed by atoms with van der Waals surface area (Å²) in [7, 11) is 3.06. The van der Waals surface area contributed by atoms with Crippen molar-refractivity contribution in [3.05, 3.63) is 48.8 Å². The fourth-order valence-electron chi connectivity index (χ4n) is 3.07. The minimum absolute atomic E-state index is 0.109. The number of phenolic OH excluding ortho intramolecular Hbond substituents is 2. The second-order valence-corrected chi connectivity index (χ2v) is 5.61. The number of benzene rings is 2. The van der Waals surface area contributed by atoms with Crippen LogP contribution in [0, 0.1) is 0 Å². The Morgan fingerprint density at radius 3 is 2.33 bits per heavy atom. The summed E-state index contributed by atoms with van der Waals surface area (Å²) in [6.07, 6.45) is 3.75. The molecule has 2 aromatic carbocycles. The molecule has 5 heteroatoms. The van der Waals surface area contributed by atoms with Crippen LogP contribution in [0.4, 0.5) is 0 Å². The van der Waals surface area contributed by atoms with Crippen molar-refractivity contribution < 1.29 is 24.1 Å². The van der Waals surface area contributed by atoms with Crippen LogP contribution >= 0.6 is 0 Å². The van der Waals surface area contributed by atoms with Crippen LogP contribution in [0.5, 0.6) is 23.0 Å². The minimum Gasteiger partial charge on any atom is -0.504 e. The van der Waals surface area contributed by atoms with Crippen LogP contribution in [-0.2, 0) is 0 Å². The molecule has 0 aliphatic rings. The van der Waals surface area contributed by atoms with E-state index in [1.54, 1.807) is 12.1 Å². The van der Waals surface area contributed by atoms with Crippen molar-refractivity contribution >= 4 is 27.1 Å². The largest absolute Gasteiger partial charge is 0.504 e. The lowest BCUT2D eigenvalue weighted by atomic mass is 10.1. The van der Waals surface area contributed by atoms with E-state index in [9.17, 15) is 10.2 Å². The molecule has 0 unspecified atom stereocenters. The van der Waals surface area contributed by atoms with E-state index in [0.29, 0.717) is 16.9 Å². The van der Waals surface area contributed by atoms with Crippen LogP contribution in [-0.4, -0.2) is 24.4 Å². The van der Waals surface area contributed by atoms with Gasteiger partial charge in [-0.15, -0.1) is 0 Å². The molecule has 0 bridgehead atoms. The van der Waals surface area contributed by atoms with Gasteiger partial charge in [0.15, 0.2) is 35.4 Å². The predicted molar refractivity (Wildman–Crippen MR) is 91.0 cm³/mol. The number of fused-ring (bicyclic) bond motifs is 4. The van der Waals surface area contributed by atoms with Gasteiger partial charge >= 0.3 is 0 Å². The highest BCUT2D eigenvalue weighted by Gasteiger charge is 2.16. The summed E-state index contributed by atoms with van der Waals surface area (Å²) in [5, 5.41) is 23.8. The van der Waals surface area contributed by atoms with Gasteiger partial charge in [0.05, 0.1) is 25.0 Å². The molecule has 0 fully saturated rings. The van der Waals surface area contributed by atoms with E-state index in [1.165, 1.54) is 14.2 Å². The van der Waals surface area contributed by atoms with Crippen molar-refractivity contribution in [1.29, 1.82) is 0 Å². The smallest absolute Gasteiger partial charge is 0.219 e. The van der Waals surface area contributed by atoms with Crippen molar-refractivity contribution in [3.8, 4) is 23.0 Å². The van der Waals surface area contributed by atoms with E-state index in [0.717, 1.165) is 21.7 Å². The van der Waals surface area contributed by atoms with Gasteiger partial charge in [0, 0.05) is 12.1 Å². The zero-order valence-electron chi connectivity index (χ0n) is 13.3. The number of pyridine rings is 2. The van der Waals surface area contributed by atoms with Gasteiger partial charge in [-0.1, -0.05) is 0 Å². The Hall–Kier alpha value is -3.21. The van der Waals surface area contributed by atoms with Gasteiger partial charge in [-0.2, -0.15) is 4.40 Å². The average molecular weight is 322 g/mol. The van der Waals surface area contributed by atoms with E-state index < -0.39 is 0 Å². The first-order valence-corrected chi connectivity index (χ1v) is 7.47. The monoisotopic (exact) mass is 322 g/mol. The summed E-state index contributed by atoms with van der Waals surface area (Å²) in [6.45, 7) is 0. The van der Waals surface area contributed by atoms with Gasteiger partial charge in [0.25, 0.3) is 0 Å². The second kappa shape index (κ2) is 5.16. The van der Waals surface area contributed by atoms with Crippen LogP contribution in [0.1, 0.15) is 0 Å². The Kier molecular flexibility index (Phi) is 3.09. The van der Waals surface area contributed by atoms with Crippen molar-refractivity contribution in [2.75, 3.05) is 14.2 Å². The maximum absolute atomic E-state index is 10.3. The molecular formula is C19H16NO4+. The number of phenols is 2. The third kappa shape index (κ3) is 1.98. The predicted octanol–water partition coefficient (Wildman–Crippen LogP) is 3.16. The maximum Gasteiger partial charge on any atom is 0.219 e. The molecule has 0 radical (unpaired) electrons. The lowest BCUT2D eigenvalue weighted by molar-refractivity contribution is -0.509. The normalized spacial score (nSPS) is 11.2. The van der Waals surface area contributed by atoms with E-state index in [-0.39, 0.29) is 11.5 Å². The van der Waals surface area contributed by atoms with E-state index >= 15 is 0 Å². The van der Waals surface area contributed by atoms with Crippen LogP contribution in [0.25, 0.3) is 27.1 Å². The van der Waals surface area contributed by atoms with Gasteiger partial charge in [-0.25, -0.2) is 0 Å². The molecule has 0 atom stereocenters. The molecule has 120 valence electrons. The maximum atomic E-state index is 10.3. The molecular weight excluding hydrogens is 306 g/mol. The number of aromatic hydroxyl groups is 2. The summed E-state index contributed by atoms with van der Waals surface area (Å²) in [6, 6.07) is 11.0. The summed E-state index contributed by atoms with van der Waals surface area (Å²) in [4.78, 5) is 0. The van der Waals surface area contributed by atoms with Crippen LogP contribution in [0.15, 0.2) is 48.8 Å². The first-order valence-electron chi connectivity index (χ1n) is 7.47. The van der Waals surface area contributed by atoms with E-state index in [2.05, 4.69) is 0 Å². The average Bonchev–Trinajstić information content (AvgIpc) is 2.60. The molecule has 2 N–H and O–H groups in total. The Morgan fingerprint density at radius 2 is 1.58 bits per heavy atom. The van der Waals surface area contributed by atoms with Crippen molar-refractivity contribution in [1.82, 2.24) is 0 Å². The molecule has 4 aromatic rings. The van der Waals surface area contributed by atoms with Crippen molar-refractivity contribution in [2.45, 2.75) is 0 Å². The van der Waals surface area contributed by atoms with Crippen LogP contribution in [0.3, 0.4) is 0 Å². The molecule has 0 saturated heterocycles.